The van der Waals surface area contributed by atoms with Gasteiger partial charge in [0.1, 0.15) is 0 Å². The quantitative estimate of drug-likeness (QED) is 0.812. The summed E-state index contributed by atoms with van der Waals surface area (Å²) in [6, 6.07) is 7.70. The van der Waals surface area contributed by atoms with Crippen LogP contribution < -0.4 is 10.2 Å². The van der Waals surface area contributed by atoms with Crippen LogP contribution >= 0.6 is 0 Å². The Balaban J connectivity index is 1.94. The molecule has 1 N–H and O–H groups in total. The molecule has 0 radical (unpaired) electrons. The highest BCUT2D eigenvalue weighted by atomic mass is 15.2. The zero-order valence-corrected chi connectivity index (χ0v) is 14.2. The van der Waals surface area contributed by atoms with E-state index >= 15 is 0 Å². The summed E-state index contributed by atoms with van der Waals surface area (Å²) in [6.45, 7) is 8.88. The predicted octanol–water partition coefficient (Wildman–Crippen LogP) is 3.03. The first kappa shape index (κ1) is 16.3. The SMILES string of the molecule is CCCNCc1ccc(N2CCC(N(C)C)CC2)cc1C. The van der Waals surface area contributed by atoms with Gasteiger partial charge < -0.3 is 15.1 Å². The van der Waals surface area contributed by atoms with Crippen LogP contribution in [-0.4, -0.2) is 44.7 Å². The third-order valence-electron chi connectivity index (χ3n) is 4.63. The Bertz CT molecular complexity index is 434. The van der Waals surface area contributed by atoms with Crippen molar-refractivity contribution in [3.63, 3.8) is 0 Å². The van der Waals surface area contributed by atoms with Crippen LogP contribution in [0.4, 0.5) is 5.69 Å². The van der Waals surface area contributed by atoms with Crippen LogP contribution in [0, 0.1) is 6.92 Å². The fourth-order valence-electron chi connectivity index (χ4n) is 3.12. The van der Waals surface area contributed by atoms with E-state index in [1.165, 1.54) is 49.2 Å². The maximum atomic E-state index is 3.49. The number of nitrogens with zero attached hydrogens (tertiary/aromatic N) is 2. The van der Waals surface area contributed by atoms with E-state index < -0.39 is 0 Å². The second kappa shape index (κ2) is 7.81. The molecule has 0 unspecified atom stereocenters. The van der Waals surface area contributed by atoms with Crippen molar-refractivity contribution in [3.8, 4) is 0 Å². The van der Waals surface area contributed by atoms with Gasteiger partial charge in [0, 0.05) is 31.4 Å². The molecule has 0 atom stereocenters. The third kappa shape index (κ3) is 4.45. The van der Waals surface area contributed by atoms with Gasteiger partial charge in [-0.25, -0.2) is 0 Å². The van der Waals surface area contributed by atoms with Crippen LogP contribution in [-0.2, 0) is 6.54 Å². The molecule has 0 spiro atoms. The lowest BCUT2D eigenvalue weighted by molar-refractivity contribution is 0.249. The standard InChI is InChI=1S/C18H31N3/c1-5-10-19-14-16-6-7-18(13-15(16)2)21-11-8-17(9-12-21)20(3)4/h6-7,13,17,19H,5,8-12,14H2,1-4H3. The molecule has 0 aromatic heterocycles. The van der Waals surface area contributed by atoms with Crippen LogP contribution in [0.5, 0.6) is 0 Å². The van der Waals surface area contributed by atoms with E-state index in [9.17, 15) is 0 Å². The minimum Gasteiger partial charge on any atom is -0.371 e. The molecule has 118 valence electrons. The average Bonchev–Trinajstić information content (AvgIpc) is 2.49. The van der Waals surface area contributed by atoms with Crippen LogP contribution in [0.15, 0.2) is 18.2 Å². The maximum Gasteiger partial charge on any atom is 0.0369 e. The van der Waals surface area contributed by atoms with Crippen molar-refractivity contribution in [3.05, 3.63) is 29.3 Å². The summed E-state index contributed by atoms with van der Waals surface area (Å²) in [4.78, 5) is 4.90. The topological polar surface area (TPSA) is 18.5 Å². The van der Waals surface area contributed by atoms with Crippen molar-refractivity contribution in [2.45, 2.75) is 45.7 Å². The van der Waals surface area contributed by atoms with Gasteiger partial charge in [0.15, 0.2) is 0 Å². The van der Waals surface area contributed by atoms with E-state index in [0.717, 1.165) is 19.1 Å². The van der Waals surface area contributed by atoms with Crippen LogP contribution in [0.25, 0.3) is 0 Å². The minimum absolute atomic E-state index is 0.750. The number of anilines is 1. The Morgan fingerprint density at radius 1 is 1.24 bits per heavy atom. The summed E-state index contributed by atoms with van der Waals surface area (Å²) in [5, 5.41) is 3.49. The number of aryl methyl sites for hydroxylation is 1. The lowest BCUT2D eigenvalue weighted by Crippen LogP contribution is -2.42. The molecule has 1 saturated heterocycles. The zero-order chi connectivity index (χ0) is 15.2. The highest BCUT2D eigenvalue weighted by Gasteiger charge is 2.20. The first-order valence-electron chi connectivity index (χ1n) is 8.33. The molecule has 0 saturated carbocycles. The molecule has 1 heterocycles. The number of rotatable bonds is 6. The molecular formula is C18H31N3. The Labute approximate surface area is 130 Å². The van der Waals surface area contributed by atoms with Gasteiger partial charge in [-0.15, -0.1) is 0 Å². The Morgan fingerprint density at radius 3 is 2.52 bits per heavy atom. The smallest absolute Gasteiger partial charge is 0.0369 e. The van der Waals surface area contributed by atoms with Gasteiger partial charge in [0.05, 0.1) is 0 Å². The molecule has 21 heavy (non-hydrogen) atoms. The molecule has 0 amide bonds. The largest absolute Gasteiger partial charge is 0.371 e. The highest BCUT2D eigenvalue weighted by Crippen LogP contribution is 2.24. The van der Waals surface area contributed by atoms with Gasteiger partial charge in [-0.1, -0.05) is 13.0 Å². The molecule has 2 rings (SSSR count). The number of piperidine rings is 1. The van der Waals surface area contributed by atoms with E-state index in [0.29, 0.717) is 0 Å². The summed E-state index contributed by atoms with van der Waals surface area (Å²) in [7, 11) is 4.39. The molecule has 0 bridgehead atoms. The van der Waals surface area contributed by atoms with E-state index in [2.05, 4.69) is 61.3 Å². The summed E-state index contributed by atoms with van der Waals surface area (Å²) in [6.07, 6.45) is 3.73. The Kier molecular flexibility index (Phi) is 6.07. The molecule has 1 aromatic carbocycles. The molecule has 3 heteroatoms. The minimum atomic E-state index is 0.750. The maximum absolute atomic E-state index is 3.49. The predicted molar refractivity (Wildman–Crippen MR) is 92.1 cm³/mol. The Hall–Kier alpha value is -1.06. The van der Waals surface area contributed by atoms with Gasteiger partial charge in [0.2, 0.25) is 0 Å². The van der Waals surface area contributed by atoms with E-state index in [1.54, 1.807) is 0 Å². The number of hydrogen-bond donors (Lipinski definition) is 1. The van der Waals surface area contributed by atoms with Crippen LogP contribution in [0.2, 0.25) is 0 Å². The lowest BCUT2D eigenvalue weighted by atomic mass is 10.0. The van der Waals surface area contributed by atoms with E-state index in [-0.39, 0.29) is 0 Å². The molecule has 1 fully saturated rings. The van der Waals surface area contributed by atoms with Crippen molar-refractivity contribution in [2.75, 3.05) is 38.6 Å². The summed E-state index contributed by atoms with van der Waals surface area (Å²) < 4.78 is 0. The molecular weight excluding hydrogens is 258 g/mol. The van der Waals surface area contributed by atoms with Crippen molar-refractivity contribution in [1.82, 2.24) is 10.2 Å². The molecule has 1 aromatic rings. The fourth-order valence-corrected chi connectivity index (χ4v) is 3.12. The first-order valence-corrected chi connectivity index (χ1v) is 8.33. The van der Waals surface area contributed by atoms with E-state index in [1.807, 2.05) is 0 Å². The first-order chi connectivity index (χ1) is 10.1. The molecule has 1 aliphatic heterocycles. The monoisotopic (exact) mass is 289 g/mol. The van der Waals surface area contributed by atoms with E-state index in [4.69, 9.17) is 0 Å². The van der Waals surface area contributed by atoms with Gasteiger partial charge in [-0.2, -0.15) is 0 Å². The van der Waals surface area contributed by atoms with Crippen molar-refractivity contribution in [2.24, 2.45) is 0 Å². The lowest BCUT2D eigenvalue weighted by Gasteiger charge is -2.36. The zero-order valence-electron chi connectivity index (χ0n) is 14.2. The fraction of sp³-hybridized carbons (Fsp3) is 0.667. The summed E-state index contributed by atoms with van der Waals surface area (Å²) in [5.74, 6) is 0. The van der Waals surface area contributed by atoms with Gasteiger partial charge >= 0.3 is 0 Å². The molecule has 3 nitrogen and oxygen atoms in total. The summed E-state index contributed by atoms with van der Waals surface area (Å²) in [5.41, 5.74) is 4.23. The molecule has 1 aliphatic rings. The van der Waals surface area contributed by atoms with Crippen molar-refractivity contribution in [1.29, 1.82) is 0 Å². The Morgan fingerprint density at radius 2 is 1.95 bits per heavy atom. The number of hydrogen-bond acceptors (Lipinski definition) is 3. The highest BCUT2D eigenvalue weighted by molar-refractivity contribution is 5.51. The van der Waals surface area contributed by atoms with Gasteiger partial charge in [0.25, 0.3) is 0 Å². The number of nitrogens with one attached hydrogen (secondary N) is 1. The average molecular weight is 289 g/mol. The normalized spacial score (nSPS) is 16.7. The third-order valence-corrected chi connectivity index (χ3v) is 4.63. The van der Waals surface area contributed by atoms with Crippen LogP contribution in [0.3, 0.4) is 0 Å². The van der Waals surface area contributed by atoms with Crippen LogP contribution in [0.1, 0.15) is 37.3 Å². The van der Waals surface area contributed by atoms with Crippen molar-refractivity contribution < 1.29 is 0 Å². The number of benzene rings is 1. The second-order valence-electron chi connectivity index (χ2n) is 6.47. The summed E-state index contributed by atoms with van der Waals surface area (Å²) >= 11 is 0. The second-order valence-corrected chi connectivity index (χ2v) is 6.47. The van der Waals surface area contributed by atoms with Crippen molar-refractivity contribution >= 4 is 5.69 Å². The molecule has 0 aliphatic carbocycles. The van der Waals surface area contributed by atoms with Gasteiger partial charge in [-0.3, -0.25) is 0 Å². The van der Waals surface area contributed by atoms with Gasteiger partial charge in [-0.05, 0) is 70.1 Å².